The zero-order chi connectivity index (χ0) is 8.43. The van der Waals surface area contributed by atoms with Crippen LogP contribution in [0.3, 0.4) is 0 Å². The fourth-order valence-electron chi connectivity index (χ4n) is 0.702. The maximum Gasteiger partial charge on any atom is 0.348 e. The Morgan fingerprint density at radius 2 is 2.45 bits per heavy atom. The van der Waals surface area contributed by atoms with Crippen molar-refractivity contribution in [2.45, 2.75) is 0 Å². The van der Waals surface area contributed by atoms with E-state index in [1.165, 1.54) is 20.2 Å². The minimum atomic E-state index is -0.518. The normalized spacial score (nSPS) is 9.64. The number of nitro groups is 1. The summed E-state index contributed by atoms with van der Waals surface area (Å²) in [4.78, 5) is 9.72. The quantitative estimate of drug-likeness (QED) is 0.458. The second kappa shape index (κ2) is 2.57. The lowest BCUT2D eigenvalue weighted by molar-refractivity contribution is -0.392. The lowest BCUT2D eigenvalue weighted by atomic mass is 10.6. The first-order valence-corrected chi connectivity index (χ1v) is 2.87. The summed E-state index contributed by atoms with van der Waals surface area (Å²) in [5.41, 5.74) is 0. The van der Waals surface area contributed by atoms with E-state index in [-0.39, 0.29) is 11.7 Å². The highest BCUT2D eigenvalue weighted by atomic mass is 16.6. The molecule has 0 fully saturated rings. The predicted octanol–water partition coefficient (Wildman–Crippen LogP) is 0.337. The molecule has 0 N–H and O–H groups in total. The van der Waals surface area contributed by atoms with E-state index < -0.39 is 4.92 Å². The first-order chi connectivity index (χ1) is 5.15. The minimum Gasteiger partial charge on any atom is -0.478 e. The monoisotopic (exact) mass is 157 g/mol. The Labute approximate surface area is 62.5 Å². The average molecular weight is 157 g/mol. The summed E-state index contributed by atoms with van der Waals surface area (Å²) in [6.45, 7) is 0. The Bertz CT molecular complexity index is 281. The number of nitrogens with zero attached hydrogens (tertiary/aromatic N) is 3. The van der Waals surface area contributed by atoms with Crippen LogP contribution in [-0.2, 0) is 7.05 Å². The molecule has 0 saturated carbocycles. The van der Waals surface area contributed by atoms with Gasteiger partial charge >= 0.3 is 5.82 Å². The summed E-state index contributed by atoms with van der Waals surface area (Å²) >= 11 is 0. The van der Waals surface area contributed by atoms with Crippen molar-refractivity contribution < 1.29 is 9.66 Å². The van der Waals surface area contributed by atoms with Gasteiger partial charge in [0.1, 0.15) is 7.05 Å². The molecule has 0 aliphatic carbocycles. The minimum absolute atomic E-state index is 0.0816. The van der Waals surface area contributed by atoms with E-state index in [4.69, 9.17) is 0 Å². The molecule has 0 aliphatic rings. The topological polar surface area (TPSA) is 70.2 Å². The molecule has 1 aromatic rings. The first kappa shape index (κ1) is 7.52. The van der Waals surface area contributed by atoms with Gasteiger partial charge < -0.3 is 14.9 Å². The number of ether oxygens (including phenoxy) is 1. The maximum atomic E-state index is 10.2. The molecule has 0 aliphatic heterocycles. The second-order valence-corrected chi connectivity index (χ2v) is 1.93. The van der Waals surface area contributed by atoms with Gasteiger partial charge in [-0.15, -0.1) is 4.68 Å². The second-order valence-electron chi connectivity index (χ2n) is 1.93. The van der Waals surface area contributed by atoms with Gasteiger partial charge in [-0.25, -0.2) is 0 Å². The molecule has 0 spiro atoms. The highest BCUT2D eigenvalue weighted by Crippen LogP contribution is 2.16. The predicted molar refractivity (Wildman–Crippen MR) is 36.4 cm³/mol. The molecule has 6 nitrogen and oxygen atoms in total. The Morgan fingerprint density at radius 1 is 1.82 bits per heavy atom. The number of rotatable bonds is 2. The van der Waals surface area contributed by atoms with Crippen LogP contribution in [0.25, 0.3) is 0 Å². The van der Waals surface area contributed by atoms with Gasteiger partial charge in [-0.2, -0.15) is 0 Å². The zero-order valence-electron chi connectivity index (χ0n) is 6.14. The van der Waals surface area contributed by atoms with Crippen LogP contribution < -0.4 is 4.74 Å². The fraction of sp³-hybridized carbons (Fsp3) is 0.400. The van der Waals surface area contributed by atoms with Crippen molar-refractivity contribution in [2.24, 2.45) is 7.05 Å². The van der Waals surface area contributed by atoms with E-state index in [0.717, 1.165) is 4.68 Å². The van der Waals surface area contributed by atoms with Gasteiger partial charge in [-0.1, -0.05) is 0 Å². The molecule has 1 aromatic heterocycles. The summed E-state index contributed by atoms with van der Waals surface area (Å²) in [6, 6.07) is 1.26. The molecular weight excluding hydrogens is 150 g/mol. The molecule has 1 rings (SSSR count). The lowest BCUT2D eigenvalue weighted by Crippen LogP contribution is -1.97. The third-order valence-electron chi connectivity index (χ3n) is 1.23. The Hall–Kier alpha value is -1.59. The molecule has 0 unspecified atom stereocenters. The molecule has 60 valence electrons. The Morgan fingerprint density at radius 3 is 2.73 bits per heavy atom. The molecule has 0 bridgehead atoms. The van der Waals surface area contributed by atoms with Crippen molar-refractivity contribution in [2.75, 3.05) is 7.11 Å². The SMILES string of the molecule is COc1cc([N+](=O)[O-])n(C)n1. The Balaban J connectivity index is 3.07. The molecule has 1 heterocycles. The zero-order valence-corrected chi connectivity index (χ0v) is 6.14. The van der Waals surface area contributed by atoms with E-state index in [1.54, 1.807) is 0 Å². The standard InChI is InChI=1S/C5H7N3O3/c1-7-5(8(9)10)3-4(6-7)11-2/h3H,1-2H3. The third kappa shape index (κ3) is 1.28. The summed E-state index contributed by atoms with van der Waals surface area (Å²) < 4.78 is 5.84. The highest BCUT2D eigenvalue weighted by Gasteiger charge is 2.14. The van der Waals surface area contributed by atoms with Gasteiger partial charge in [0.25, 0.3) is 5.88 Å². The van der Waals surface area contributed by atoms with Crippen molar-refractivity contribution in [3.63, 3.8) is 0 Å². The van der Waals surface area contributed by atoms with Crippen LogP contribution in [-0.4, -0.2) is 21.8 Å². The van der Waals surface area contributed by atoms with Crippen LogP contribution in [0.4, 0.5) is 5.82 Å². The van der Waals surface area contributed by atoms with Crippen molar-refractivity contribution in [1.29, 1.82) is 0 Å². The number of methoxy groups -OCH3 is 1. The summed E-state index contributed by atoms with van der Waals surface area (Å²) in [6.07, 6.45) is 0. The molecule has 0 atom stereocenters. The van der Waals surface area contributed by atoms with Crippen LogP contribution in [0, 0.1) is 10.1 Å². The highest BCUT2D eigenvalue weighted by molar-refractivity contribution is 5.26. The lowest BCUT2D eigenvalue weighted by Gasteiger charge is -1.88. The van der Waals surface area contributed by atoms with Crippen LogP contribution in [0.2, 0.25) is 0 Å². The van der Waals surface area contributed by atoms with Crippen LogP contribution in [0.15, 0.2) is 6.07 Å². The summed E-state index contributed by atoms with van der Waals surface area (Å²) in [5.74, 6) is 0.168. The number of aryl methyl sites for hydroxylation is 1. The smallest absolute Gasteiger partial charge is 0.348 e. The third-order valence-corrected chi connectivity index (χ3v) is 1.23. The van der Waals surface area contributed by atoms with Gasteiger partial charge in [-0.3, -0.25) is 0 Å². The molecule has 0 aromatic carbocycles. The van der Waals surface area contributed by atoms with Crippen molar-refractivity contribution in [3.05, 3.63) is 16.2 Å². The molecular formula is C5H7N3O3. The molecule has 0 amide bonds. The van der Waals surface area contributed by atoms with Crippen molar-refractivity contribution >= 4 is 5.82 Å². The van der Waals surface area contributed by atoms with Crippen LogP contribution in [0.5, 0.6) is 5.88 Å². The van der Waals surface area contributed by atoms with Gasteiger partial charge in [0.15, 0.2) is 0 Å². The molecule has 6 heteroatoms. The van der Waals surface area contributed by atoms with E-state index in [0.29, 0.717) is 0 Å². The van der Waals surface area contributed by atoms with Crippen LogP contribution >= 0.6 is 0 Å². The van der Waals surface area contributed by atoms with E-state index in [2.05, 4.69) is 9.84 Å². The van der Waals surface area contributed by atoms with Gasteiger partial charge in [0.2, 0.25) is 0 Å². The van der Waals surface area contributed by atoms with Crippen LogP contribution in [0.1, 0.15) is 0 Å². The Kier molecular flexibility index (Phi) is 1.75. The summed E-state index contributed by atoms with van der Waals surface area (Å²) in [7, 11) is 2.90. The first-order valence-electron chi connectivity index (χ1n) is 2.87. The van der Waals surface area contributed by atoms with Crippen molar-refractivity contribution in [3.8, 4) is 5.88 Å². The average Bonchev–Trinajstić information content (AvgIpc) is 2.30. The van der Waals surface area contributed by atoms with Gasteiger partial charge in [0.05, 0.1) is 13.2 Å². The molecule has 11 heavy (non-hydrogen) atoms. The van der Waals surface area contributed by atoms with E-state index in [1.807, 2.05) is 0 Å². The molecule has 0 radical (unpaired) electrons. The molecule has 0 saturated heterocycles. The van der Waals surface area contributed by atoms with E-state index >= 15 is 0 Å². The fourth-order valence-corrected chi connectivity index (χ4v) is 0.702. The van der Waals surface area contributed by atoms with E-state index in [9.17, 15) is 10.1 Å². The summed E-state index contributed by atoms with van der Waals surface area (Å²) in [5, 5.41) is 13.9. The van der Waals surface area contributed by atoms with Crippen molar-refractivity contribution in [1.82, 2.24) is 9.78 Å². The number of hydrogen-bond donors (Lipinski definition) is 0. The largest absolute Gasteiger partial charge is 0.478 e. The van der Waals surface area contributed by atoms with Gasteiger partial charge in [0, 0.05) is 0 Å². The number of aromatic nitrogens is 2. The maximum absolute atomic E-state index is 10.2. The van der Waals surface area contributed by atoms with Gasteiger partial charge in [-0.05, 0) is 10.0 Å². The number of hydrogen-bond acceptors (Lipinski definition) is 4.